The number of aliphatic hydroxyl groups is 1. The van der Waals surface area contributed by atoms with E-state index in [1.54, 1.807) is 12.1 Å². The number of benzene rings is 1. The topological polar surface area (TPSA) is 26.7 Å². The van der Waals surface area contributed by atoms with Gasteiger partial charge in [-0.2, -0.15) is 0 Å². The predicted octanol–water partition coefficient (Wildman–Crippen LogP) is 1.46. The highest BCUT2D eigenvalue weighted by molar-refractivity contribution is 5.16. The Balaban J connectivity index is 1.68. The van der Waals surface area contributed by atoms with Crippen LogP contribution in [-0.2, 0) is 6.54 Å². The Morgan fingerprint density at radius 2 is 2.16 bits per heavy atom. The van der Waals surface area contributed by atoms with E-state index in [-0.39, 0.29) is 11.9 Å². The number of nitrogens with zero attached hydrogens (tertiary/aromatic N) is 2. The lowest BCUT2D eigenvalue weighted by molar-refractivity contribution is 0.0528. The summed E-state index contributed by atoms with van der Waals surface area (Å²) in [5, 5.41) is 9.75. The molecule has 1 N–H and O–H groups in total. The van der Waals surface area contributed by atoms with Crippen molar-refractivity contribution < 1.29 is 9.50 Å². The van der Waals surface area contributed by atoms with Gasteiger partial charge < -0.3 is 5.11 Å². The molecule has 2 heterocycles. The van der Waals surface area contributed by atoms with Crippen molar-refractivity contribution in [3.8, 4) is 0 Å². The fourth-order valence-electron chi connectivity index (χ4n) is 3.37. The van der Waals surface area contributed by atoms with Gasteiger partial charge in [0.05, 0.1) is 6.10 Å². The molecule has 2 aliphatic rings. The first-order chi connectivity index (χ1) is 9.11. The van der Waals surface area contributed by atoms with Gasteiger partial charge in [-0.15, -0.1) is 0 Å². The van der Waals surface area contributed by atoms with Crippen LogP contribution in [0.5, 0.6) is 0 Å². The van der Waals surface area contributed by atoms with Crippen LogP contribution in [0.25, 0.3) is 0 Å². The number of halogens is 1. The van der Waals surface area contributed by atoms with E-state index in [1.807, 2.05) is 6.07 Å². The third kappa shape index (κ3) is 2.81. The van der Waals surface area contributed by atoms with Crippen LogP contribution >= 0.6 is 0 Å². The molecule has 0 spiro atoms. The standard InChI is InChI=1S/C15H21FN2O/c1-11-7-18-10-15(19)6-14(18)9-17(11)8-12-3-2-4-13(16)5-12/h2-5,11,14-15,19H,6-10H2,1H3/t11-,14?,15-/m1/s1. The molecule has 0 saturated carbocycles. The monoisotopic (exact) mass is 264 g/mol. The minimum absolute atomic E-state index is 0.167. The maximum Gasteiger partial charge on any atom is 0.123 e. The van der Waals surface area contributed by atoms with Crippen LogP contribution in [0, 0.1) is 5.82 Å². The van der Waals surface area contributed by atoms with Gasteiger partial charge in [0.25, 0.3) is 0 Å². The lowest BCUT2D eigenvalue weighted by atomic mass is 10.1. The molecular formula is C15H21FN2O. The van der Waals surface area contributed by atoms with Gasteiger partial charge in [-0.05, 0) is 31.0 Å². The first-order valence-electron chi connectivity index (χ1n) is 7.02. The summed E-state index contributed by atoms with van der Waals surface area (Å²) in [6.45, 7) is 5.77. The average Bonchev–Trinajstić information content (AvgIpc) is 2.69. The number of fused-ring (bicyclic) bond motifs is 1. The lowest BCUT2D eigenvalue weighted by Gasteiger charge is -2.42. The predicted molar refractivity (Wildman–Crippen MR) is 72.3 cm³/mol. The van der Waals surface area contributed by atoms with Crippen LogP contribution in [0.15, 0.2) is 24.3 Å². The largest absolute Gasteiger partial charge is 0.392 e. The lowest BCUT2D eigenvalue weighted by Crippen LogP contribution is -2.54. The fourth-order valence-corrected chi connectivity index (χ4v) is 3.37. The minimum Gasteiger partial charge on any atom is -0.392 e. The zero-order valence-corrected chi connectivity index (χ0v) is 11.3. The van der Waals surface area contributed by atoms with E-state index >= 15 is 0 Å². The molecule has 3 nitrogen and oxygen atoms in total. The summed E-state index contributed by atoms with van der Waals surface area (Å²) >= 11 is 0. The van der Waals surface area contributed by atoms with Gasteiger partial charge in [0.1, 0.15) is 5.82 Å². The van der Waals surface area contributed by atoms with Crippen molar-refractivity contribution in [1.29, 1.82) is 0 Å². The van der Waals surface area contributed by atoms with Crippen LogP contribution in [-0.4, -0.2) is 52.7 Å². The van der Waals surface area contributed by atoms with Crippen molar-refractivity contribution in [1.82, 2.24) is 9.80 Å². The molecule has 0 aliphatic carbocycles. The van der Waals surface area contributed by atoms with Crippen molar-refractivity contribution in [2.45, 2.75) is 38.1 Å². The first kappa shape index (κ1) is 13.0. The Kier molecular flexibility index (Phi) is 3.56. The Labute approximate surface area is 113 Å². The summed E-state index contributed by atoms with van der Waals surface area (Å²) in [4.78, 5) is 4.78. The maximum atomic E-state index is 13.2. The second-order valence-electron chi connectivity index (χ2n) is 5.91. The van der Waals surface area contributed by atoms with Gasteiger partial charge >= 0.3 is 0 Å². The highest BCUT2D eigenvalue weighted by atomic mass is 19.1. The van der Waals surface area contributed by atoms with Crippen LogP contribution in [0.4, 0.5) is 4.39 Å². The molecule has 0 radical (unpaired) electrons. The summed E-state index contributed by atoms with van der Waals surface area (Å²) in [5.74, 6) is -0.167. The van der Waals surface area contributed by atoms with Crippen LogP contribution < -0.4 is 0 Å². The van der Waals surface area contributed by atoms with Gasteiger partial charge in [-0.3, -0.25) is 9.80 Å². The maximum absolute atomic E-state index is 13.2. The highest BCUT2D eigenvalue weighted by Gasteiger charge is 2.37. The molecule has 1 aromatic rings. The van der Waals surface area contributed by atoms with Gasteiger partial charge in [0.15, 0.2) is 0 Å². The van der Waals surface area contributed by atoms with Gasteiger partial charge in [0, 0.05) is 38.3 Å². The fraction of sp³-hybridized carbons (Fsp3) is 0.600. The third-order valence-electron chi connectivity index (χ3n) is 4.35. The molecule has 0 bridgehead atoms. The summed E-state index contributed by atoms with van der Waals surface area (Å²) in [6, 6.07) is 7.75. The quantitative estimate of drug-likeness (QED) is 0.876. The molecule has 2 aliphatic heterocycles. The zero-order chi connectivity index (χ0) is 13.4. The van der Waals surface area contributed by atoms with E-state index in [0.29, 0.717) is 12.1 Å². The summed E-state index contributed by atoms with van der Waals surface area (Å²) in [5.41, 5.74) is 1.03. The van der Waals surface area contributed by atoms with Crippen molar-refractivity contribution >= 4 is 0 Å². The highest BCUT2D eigenvalue weighted by Crippen LogP contribution is 2.26. The zero-order valence-electron chi connectivity index (χ0n) is 11.3. The molecule has 1 aromatic carbocycles. The van der Waals surface area contributed by atoms with Crippen molar-refractivity contribution in [3.63, 3.8) is 0 Å². The van der Waals surface area contributed by atoms with E-state index in [1.165, 1.54) is 6.07 Å². The number of piperazine rings is 1. The molecular weight excluding hydrogens is 243 g/mol. The van der Waals surface area contributed by atoms with E-state index < -0.39 is 0 Å². The summed E-state index contributed by atoms with van der Waals surface area (Å²) in [7, 11) is 0. The molecule has 3 rings (SSSR count). The normalized spacial score (nSPS) is 32.5. The molecule has 0 aromatic heterocycles. The van der Waals surface area contributed by atoms with Gasteiger partial charge in [-0.1, -0.05) is 12.1 Å². The molecule has 2 saturated heterocycles. The molecule has 19 heavy (non-hydrogen) atoms. The molecule has 4 heteroatoms. The van der Waals surface area contributed by atoms with Gasteiger partial charge in [-0.25, -0.2) is 4.39 Å². The average molecular weight is 264 g/mol. The van der Waals surface area contributed by atoms with Crippen LogP contribution in [0.1, 0.15) is 18.9 Å². The smallest absolute Gasteiger partial charge is 0.123 e. The number of rotatable bonds is 2. The van der Waals surface area contributed by atoms with Gasteiger partial charge in [0.2, 0.25) is 0 Å². The molecule has 104 valence electrons. The summed E-state index contributed by atoms with van der Waals surface area (Å²) < 4.78 is 13.2. The minimum atomic E-state index is -0.175. The van der Waals surface area contributed by atoms with Crippen molar-refractivity contribution in [3.05, 3.63) is 35.6 Å². The molecule has 2 fully saturated rings. The molecule has 0 amide bonds. The number of hydrogen-bond acceptors (Lipinski definition) is 3. The third-order valence-corrected chi connectivity index (χ3v) is 4.35. The Morgan fingerprint density at radius 3 is 2.95 bits per heavy atom. The second kappa shape index (κ2) is 5.19. The Bertz CT molecular complexity index is 454. The van der Waals surface area contributed by atoms with E-state index in [0.717, 1.165) is 38.2 Å². The number of hydrogen-bond donors (Lipinski definition) is 1. The van der Waals surface area contributed by atoms with Crippen LogP contribution in [0.3, 0.4) is 0 Å². The van der Waals surface area contributed by atoms with Crippen molar-refractivity contribution in [2.75, 3.05) is 19.6 Å². The Hall–Kier alpha value is -0.970. The van der Waals surface area contributed by atoms with Crippen LogP contribution in [0.2, 0.25) is 0 Å². The Morgan fingerprint density at radius 1 is 1.32 bits per heavy atom. The molecule has 1 unspecified atom stereocenters. The van der Waals surface area contributed by atoms with E-state index in [2.05, 4.69) is 16.7 Å². The summed E-state index contributed by atoms with van der Waals surface area (Å²) in [6.07, 6.45) is 0.693. The second-order valence-corrected chi connectivity index (χ2v) is 5.91. The van der Waals surface area contributed by atoms with Crippen molar-refractivity contribution in [2.24, 2.45) is 0 Å². The molecule has 3 atom stereocenters. The number of aliphatic hydroxyl groups excluding tert-OH is 1. The SMILES string of the molecule is C[C@@H]1CN2C[C@H](O)CC2CN1Cc1cccc(F)c1. The van der Waals surface area contributed by atoms with E-state index in [9.17, 15) is 9.50 Å². The van der Waals surface area contributed by atoms with E-state index in [4.69, 9.17) is 0 Å². The first-order valence-corrected chi connectivity index (χ1v) is 7.02.